The molecule has 1 heterocycles. The van der Waals surface area contributed by atoms with Crippen molar-refractivity contribution in [1.82, 2.24) is 5.32 Å². The van der Waals surface area contributed by atoms with Crippen molar-refractivity contribution in [1.29, 1.82) is 0 Å². The third-order valence-corrected chi connectivity index (χ3v) is 1.90. The van der Waals surface area contributed by atoms with Gasteiger partial charge in [0, 0.05) is 18.9 Å². The first-order valence-corrected chi connectivity index (χ1v) is 4.92. The second-order valence-corrected chi connectivity index (χ2v) is 3.60. The van der Waals surface area contributed by atoms with Gasteiger partial charge in [-0.15, -0.1) is 0 Å². The first-order valence-electron chi connectivity index (χ1n) is 4.92. The first-order chi connectivity index (χ1) is 6.91. The number of nitrogens with one attached hydrogen (secondary N) is 1. The zero-order chi connectivity index (χ0) is 11.8. The molecule has 0 aliphatic carbocycles. The smallest absolute Gasteiger partial charge is 0.303 e. The van der Waals surface area contributed by atoms with E-state index in [0.29, 0.717) is 6.04 Å². The van der Waals surface area contributed by atoms with Gasteiger partial charge in [0.25, 0.3) is 0 Å². The highest BCUT2D eigenvalue weighted by Gasteiger charge is 2.14. The number of hydrogen-bond donors (Lipinski definition) is 2. The summed E-state index contributed by atoms with van der Waals surface area (Å²) in [5.41, 5.74) is 0. The Hall–Kier alpha value is -1.39. The van der Waals surface area contributed by atoms with Crippen LogP contribution in [-0.4, -0.2) is 28.8 Å². The van der Waals surface area contributed by atoms with Gasteiger partial charge < -0.3 is 15.2 Å². The van der Waals surface area contributed by atoms with E-state index in [1.807, 2.05) is 6.92 Å². The number of rotatable bonds is 3. The summed E-state index contributed by atoms with van der Waals surface area (Å²) in [6.07, 6.45) is 1.84. The second kappa shape index (κ2) is 8.88. The van der Waals surface area contributed by atoms with Crippen molar-refractivity contribution in [2.75, 3.05) is 0 Å². The molecule has 1 saturated heterocycles. The lowest BCUT2D eigenvalue weighted by Gasteiger charge is -1.95. The van der Waals surface area contributed by atoms with Crippen LogP contribution in [0.15, 0.2) is 0 Å². The average Bonchev–Trinajstić information content (AvgIpc) is 2.47. The number of ketones is 1. The summed E-state index contributed by atoms with van der Waals surface area (Å²) < 4.78 is 0. The molecular weight excluding hydrogens is 210 g/mol. The molecular formula is C11H21NO4. The fourth-order valence-electron chi connectivity index (χ4n) is 1.05. The Labute approximate surface area is 96.2 Å². The van der Waals surface area contributed by atoms with Crippen LogP contribution < -0.4 is 5.32 Å². The van der Waals surface area contributed by atoms with E-state index in [-0.39, 0.29) is 32.0 Å². The zero-order valence-electron chi connectivity index (χ0n) is 9.08. The van der Waals surface area contributed by atoms with Gasteiger partial charge in [0.1, 0.15) is 5.78 Å². The van der Waals surface area contributed by atoms with Gasteiger partial charge in [-0.25, -0.2) is 0 Å². The van der Waals surface area contributed by atoms with Crippen LogP contribution >= 0.6 is 0 Å². The van der Waals surface area contributed by atoms with E-state index < -0.39 is 5.97 Å². The summed E-state index contributed by atoms with van der Waals surface area (Å²) in [6, 6.07) is 0.424. The van der Waals surface area contributed by atoms with Crippen molar-refractivity contribution in [3.05, 3.63) is 0 Å². The molecule has 94 valence electrons. The maximum Gasteiger partial charge on any atom is 0.303 e. The molecule has 0 aromatic carbocycles. The van der Waals surface area contributed by atoms with Crippen LogP contribution in [0.5, 0.6) is 0 Å². The van der Waals surface area contributed by atoms with Crippen molar-refractivity contribution in [2.45, 2.75) is 53.0 Å². The molecule has 0 saturated carbocycles. The number of hydrogen-bond acceptors (Lipinski definition) is 3. The van der Waals surface area contributed by atoms with Crippen molar-refractivity contribution in [2.24, 2.45) is 0 Å². The van der Waals surface area contributed by atoms with Crippen LogP contribution in [0.1, 0.15) is 47.0 Å². The van der Waals surface area contributed by atoms with Gasteiger partial charge in [0.15, 0.2) is 0 Å². The molecule has 1 unspecified atom stereocenters. The summed E-state index contributed by atoms with van der Waals surface area (Å²) >= 11 is 0. The number of carbonyl (C=O) groups excluding carboxylic acids is 2. The second-order valence-electron chi connectivity index (χ2n) is 3.60. The van der Waals surface area contributed by atoms with Crippen molar-refractivity contribution in [3.8, 4) is 0 Å². The normalized spacial score (nSPS) is 17.6. The molecule has 5 heteroatoms. The van der Waals surface area contributed by atoms with Gasteiger partial charge >= 0.3 is 5.97 Å². The summed E-state index contributed by atoms with van der Waals surface area (Å²) in [5, 5.41) is 10.8. The lowest BCUT2D eigenvalue weighted by molar-refractivity contribution is -0.138. The highest BCUT2D eigenvalue weighted by molar-refractivity contribution is 5.80. The standard InChI is InChI=1S/C5H9NO.C5H8O3.CH4/c1-4-2-3-5(7)6-4;1-4(6)2-3-5(7)8;/h4H,2-3H2,1H3,(H,6,7);2-3H2,1H3,(H,7,8);1H4. The van der Waals surface area contributed by atoms with E-state index in [1.54, 1.807) is 0 Å². The number of aliphatic carboxylic acids is 1. The van der Waals surface area contributed by atoms with Crippen LogP contribution in [0.25, 0.3) is 0 Å². The van der Waals surface area contributed by atoms with Gasteiger partial charge in [-0.3, -0.25) is 9.59 Å². The topological polar surface area (TPSA) is 83.5 Å². The van der Waals surface area contributed by atoms with Gasteiger partial charge in [-0.2, -0.15) is 0 Å². The number of carboxylic acid groups (broad SMARTS) is 1. The Morgan fingerprint density at radius 3 is 2.12 bits per heavy atom. The fraction of sp³-hybridized carbons (Fsp3) is 0.727. The molecule has 16 heavy (non-hydrogen) atoms. The minimum absolute atomic E-state index is 0. The van der Waals surface area contributed by atoms with Crippen LogP contribution in [0.3, 0.4) is 0 Å². The van der Waals surface area contributed by atoms with Crippen LogP contribution in [0.2, 0.25) is 0 Å². The maximum absolute atomic E-state index is 10.3. The van der Waals surface area contributed by atoms with Crippen LogP contribution in [-0.2, 0) is 14.4 Å². The average molecular weight is 231 g/mol. The third kappa shape index (κ3) is 10.7. The zero-order valence-corrected chi connectivity index (χ0v) is 9.08. The highest BCUT2D eigenvalue weighted by Crippen LogP contribution is 2.03. The molecule has 0 aromatic heterocycles. The molecule has 1 rings (SSSR count). The van der Waals surface area contributed by atoms with Crippen molar-refractivity contribution < 1.29 is 19.5 Å². The molecule has 1 atom stereocenters. The summed E-state index contributed by atoms with van der Waals surface area (Å²) in [4.78, 5) is 30.2. The predicted octanol–water partition coefficient (Wildman–Crippen LogP) is 1.36. The van der Waals surface area contributed by atoms with E-state index in [0.717, 1.165) is 12.8 Å². The molecule has 5 nitrogen and oxygen atoms in total. The molecule has 1 fully saturated rings. The molecule has 1 aliphatic heterocycles. The molecule has 0 bridgehead atoms. The van der Waals surface area contributed by atoms with E-state index in [2.05, 4.69) is 5.32 Å². The highest BCUT2D eigenvalue weighted by atomic mass is 16.4. The Morgan fingerprint density at radius 2 is 2.00 bits per heavy atom. The summed E-state index contributed by atoms with van der Waals surface area (Å²) in [6.45, 7) is 3.40. The predicted molar refractivity (Wildman–Crippen MR) is 61.1 cm³/mol. The molecule has 0 spiro atoms. The van der Waals surface area contributed by atoms with Gasteiger partial charge in [0.05, 0.1) is 6.42 Å². The number of carbonyl (C=O) groups is 3. The fourth-order valence-corrected chi connectivity index (χ4v) is 1.05. The van der Waals surface area contributed by atoms with Gasteiger partial charge in [0.2, 0.25) is 5.91 Å². The largest absolute Gasteiger partial charge is 0.481 e. The van der Waals surface area contributed by atoms with Crippen LogP contribution in [0.4, 0.5) is 0 Å². The SMILES string of the molecule is C.CC(=O)CCC(=O)O.CC1CCC(=O)N1. The Morgan fingerprint density at radius 1 is 1.44 bits per heavy atom. The minimum Gasteiger partial charge on any atom is -0.481 e. The van der Waals surface area contributed by atoms with E-state index >= 15 is 0 Å². The molecule has 2 N–H and O–H groups in total. The minimum atomic E-state index is -0.916. The van der Waals surface area contributed by atoms with Crippen molar-refractivity contribution in [3.63, 3.8) is 0 Å². The van der Waals surface area contributed by atoms with Crippen molar-refractivity contribution >= 4 is 17.7 Å². The maximum atomic E-state index is 10.3. The number of carboxylic acids is 1. The Kier molecular flexibility index (Phi) is 9.45. The first kappa shape index (κ1) is 17.0. The summed E-state index contributed by atoms with van der Waals surface area (Å²) in [5.74, 6) is -0.792. The Balaban J connectivity index is 0. The number of amides is 1. The molecule has 1 amide bonds. The van der Waals surface area contributed by atoms with Gasteiger partial charge in [-0.05, 0) is 20.3 Å². The monoisotopic (exact) mass is 231 g/mol. The molecule has 0 radical (unpaired) electrons. The lowest BCUT2D eigenvalue weighted by Crippen LogP contribution is -2.21. The quantitative estimate of drug-likeness (QED) is 0.768. The third-order valence-electron chi connectivity index (χ3n) is 1.90. The van der Waals surface area contributed by atoms with E-state index in [4.69, 9.17) is 5.11 Å². The van der Waals surface area contributed by atoms with E-state index in [1.165, 1.54) is 6.92 Å². The van der Waals surface area contributed by atoms with Crippen LogP contribution in [0, 0.1) is 0 Å². The Bertz CT molecular complexity index is 236. The molecule has 0 aromatic rings. The van der Waals surface area contributed by atoms with E-state index in [9.17, 15) is 14.4 Å². The number of Topliss-reactive ketones (excluding diaryl/α,β-unsaturated/α-hetero) is 1. The molecule has 1 aliphatic rings. The van der Waals surface area contributed by atoms with Gasteiger partial charge in [-0.1, -0.05) is 7.43 Å². The lowest BCUT2D eigenvalue weighted by atomic mass is 10.2. The summed E-state index contributed by atoms with van der Waals surface area (Å²) in [7, 11) is 0.